The number of primary amides is 1. The zero-order chi connectivity index (χ0) is 56.7. The molecule has 0 fully saturated rings. The minimum Gasteiger partial charge on any atom is -0.481 e. The lowest BCUT2D eigenvalue weighted by Crippen LogP contribution is -2.36. The summed E-state index contributed by atoms with van der Waals surface area (Å²) in [5.74, 6) is -5.43. The van der Waals surface area contributed by atoms with Gasteiger partial charge in [0.1, 0.15) is 29.7 Å². The van der Waals surface area contributed by atoms with Gasteiger partial charge in [-0.15, -0.1) is 0 Å². The second kappa shape index (κ2) is 48.2. The molecule has 440 valence electrons. The Hall–Kier alpha value is -4.17. The Labute approximate surface area is 452 Å². The molecule has 0 saturated heterocycles. The van der Waals surface area contributed by atoms with Gasteiger partial charge in [0.25, 0.3) is 0 Å². The largest absolute Gasteiger partial charge is 0.481 e. The van der Waals surface area contributed by atoms with Crippen molar-refractivity contribution in [3.8, 4) is 0 Å². The molecule has 0 rings (SSSR count). The first-order valence-corrected chi connectivity index (χ1v) is 27.9. The van der Waals surface area contributed by atoms with Gasteiger partial charge in [0, 0.05) is 92.4 Å². The molecular weight excluding hydrogens is 971 g/mol. The summed E-state index contributed by atoms with van der Waals surface area (Å²) in [5.41, 5.74) is 4.72. The molecular formula is C56H105N3O16. The summed E-state index contributed by atoms with van der Waals surface area (Å²) >= 11 is 0. The van der Waals surface area contributed by atoms with Crippen molar-refractivity contribution in [2.45, 2.75) is 214 Å². The molecule has 0 aliphatic rings. The molecule has 75 heavy (non-hydrogen) atoms. The monoisotopic (exact) mass is 1080 g/mol. The standard InChI is InChI=1S/C30H54O8.C26H47N3O8.2H2/c1-37-23-24-38-22-16-18-27(31)21-20-26(30(35)36)25-28(32)17-14-12-10-8-6-4-2-3-5-7-9-11-13-15-19-29(33)34;1-6-23(33)29-11-12-36-13-14-37-17-24(34)28-10-8-7-9-19(15-22(32)26(3,4)5)21(31)16-20(18(2)30)25(27)35;;/h26H,2-25H2,1H3,(H,33,34)(H,35,36);18-20,30H,6-17H2,1-5H3,(H2,27,35)(H,28,34)(H,29,33);2*1H/t26-;18-,19-,20+;;/m11../s1. The van der Waals surface area contributed by atoms with E-state index in [1.165, 1.54) is 58.3 Å². The number of Topliss-reactive ketones (excluding diaryl/α,β-unsaturated/α-hetero) is 4. The molecule has 3 amide bonds. The molecule has 0 bridgehead atoms. The van der Waals surface area contributed by atoms with E-state index in [0.29, 0.717) is 97.5 Å². The smallest absolute Gasteiger partial charge is 0.306 e. The van der Waals surface area contributed by atoms with Gasteiger partial charge in [-0.1, -0.05) is 111 Å². The molecule has 0 aromatic heterocycles. The minimum atomic E-state index is -1.06. The summed E-state index contributed by atoms with van der Waals surface area (Å²) < 4.78 is 20.8. The van der Waals surface area contributed by atoms with Crippen LogP contribution in [0.4, 0.5) is 0 Å². The van der Waals surface area contributed by atoms with Crippen LogP contribution in [0.3, 0.4) is 0 Å². The van der Waals surface area contributed by atoms with E-state index in [0.717, 1.165) is 38.5 Å². The van der Waals surface area contributed by atoms with Crippen molar-refractivity contribution in [2.75, 3.05) is 66.4 Å². The van der Waals surface area contributed by atoms with Crippen LogP contribution in [-0.2, 0) is 62.1 Å². The first-order chi connectivity index (χ1) is 35.7. The SMILES string of the molecule is CCC(=O)NCCOCCOCC(=O)NCCCC[C@H](CC(=O)C(C)(C)C)C(=O)C[C@H](C(N)=O)[C@@H](C)O.COCCOCCCC(=O)CC[C@H](CC(=O)CCCCCCCCCCCCCCCCC(=O)O)C(=O)O.[HH].[HH]. The summed E-state index contributed by atoms with van der Waals surface area (Å²) in [6.07, 6.45) is 18.7. The lowest BCUT2D eigenvalue weighted by molar-refractivity contribution is -0.144. The van der Waals surface area contributed by atoms with E-state index in [1.54, 1.807) is 34.8 Å². The van der Waals surface area contributed by atoms with E-state index in [4.69, 9.17) is 29.8 Å². The summed E-state index contributed by atoms with van der Waals surface area (Å²) in [4.78, 5) is 106. The van der Waals surface area contributed by atoms with Crippen molar-refractivity contribution in [1.29, 1.82) is 0 Å². The number of nitrogens with one attached hydrogen (secondary N) is 2. The number of aliphatic hydroxyl groups excluding tert-OH is 1. The van der Waals surface area contributed by atoms with Crippen molar-refractivity contribution >= 4 is 52.8 Å². The predicted molar refractivity (Wildman–Crippen MR) is 291 cm³/mol. The molecule has 0 aliphatic carbocycles. The Kier molecular flexibility index (Phi) is 46.9. The molecule has 0 aromatic rings. The van der Waals surface area contributed by atoms with Crippen molar-refractivity contribution in [3.63, 3.8) is 0 Å². The van der Waals surface area contributed by atoms with Crippen LogP contribution in [0.5, 0.6) is 0 Å². The maximum Gasteiger partial charge on any atom is 0.306 e. The van der Waals surface area contributed by atoms with Crippen LogP contribution in [0.15, 0.2) is 0 Å². The van der Waals surface area contributed by atoms with Crippen molar-refractivity contribution < 1.29 is 80.3 Å². The van der Waals surface area contributed by atoms with Gasteiger partial charge >= 0.3 is 11.9 Å². The van der Waals surface area contributed by atoms with E-state index in [1.807, 2.05) is 0 Å². The number of hydrogen-bond donors (Lipinski definition) is 6. The maximum atomic E-state index is 12.9. The van der Waals surface area contributed by atoms with Gasteiger partial charge in [0.05, 0.1) is 51.0 Å². The average molecular weight is 1080 g/mol. The topological polar surface area (TPSA) is 301 Å². The zero-order valence-corrected chi connectivity index (χ0v) is 47.0. The Balaban J connectivity index is -0.000000675. The molecule has 0 saturated carbocycles. The van der Waals surface area contributed by atoms with E-state index in [9.17, 15) is 53.4 Å². The van der Waals surface area contributed by atoms with E-state index < -0.39 is 47.1 Å². The predicted octanol–water partition coefficient (Wildman–Crippen LogP) is 8.15. The van der Waals surface area contributed by atoms with Crippen LogP contribution in [-0.4, -0.2) is 141 Å². The molecule has 0 heterocycles. The second-order valence-electron chi connectivity index (χ2n) is 20.6. The lowest BCUT2D eigenvalue weighted by atomic mass is 9.80. The van der Waals surface area contributed by atoms with Gasteiger partial charge in [-0.2, -0.15) is 0 Å². The number of ether oxygens (including phenoxy) is 4. The number of carboxylic acid groups (broad SMARTS) is 2. The second-order valence-corrected chi connectivity index (χ2v) is 20.6. The first-order valence-electron chi connectivity index (χ1n) is 27.9. The van der Waals surface area contributed by atoms with E-state index in [2.05, 4.69) is 10.6 Å². The molecule has 7 N–H and O–H groups in total. The van der Waals surface area contributed by atoms with Gasteiger partial charge in [-0.05, 0) is 45.4 Å². The van der Waals surface area contributed by atoms with Gasteiger partial charge in [-0.3, -0.25) is 43.2 Å². The Morgan fingerprint density at radius 1 is 0.547 bits per heavy atom. The third-order valence-electron chi connectivity index (χ3n) is 12.8. The molecule has 4 atom stereocenters. The van der Waals surface area contributed by atoms with Crippen molar-refractivity contribution in [1.82, 2.24) is 10.6 Å². The normalized spacial score (nSPS) is 12.9. The number of aliphatic carboxylic acids is 2. The average Bonchev–Trinajstić information content (AvgIpc) is 3.34. The number of carbonyl (C=O) groups is 9. The molecule has 0 aromatic carbocycles. The number of methoxy groups -OCH3 is 1. The number of carbonyl (C=O) groups excluding carboxylic acids is 7. The minimum absolute atomic E-state index is 0. The van der Waals surface area contributed by atoms with E-state index in [-0.39, 0.29) is 83.1 Å². The molecule has 19 heteroatoms. The number of hydrogen-bond acceptors (Lipinski definition) is 14. The number of amides is 3. The fourth-order valence-corrected chi connectivity index (χ4v) is 7.85. The first kappa shape index (κ1) is 72.9. The van der Waals surface area contributed by atoms with Crippen LogP contribution < -0.4 is 16.4 Å². The lowest BCUT2D eigenvalue weighted by Gasteiger charge is -2.23. The highest BCUT2D eigenvalue weighted by Crippen LogP contribution is 2.26. The summed E-state index contributed by atoms with van der Waals surface area (Å²) in [6, 6.07) is 0. The third kappa shape index (κ3) is 46.8. The molecule has 0 aliphatic heterocycles. The van der Waals surface area contributed by atoms with Crippen LogP contribution >= 0.6 is 0 Å². The number of aliphatic hydroxyl groups is 1. The Morgan fingerprint density at radius 2 is 1.07 bits per heavy atom. The van der Waals surface area contributed by atoms with Crippen molar-refractivity contribution in [2.24, 2.45) is 28.9 Å². The molecule has 0 radical (unpaired) electrons. The third-order valence-corrected chi connectivity index (χ3v) is 12.8. The molecule has 0 unspecified atom stereocenters. The van der Waals surface area contributed by atoms with Crippen LogP contribution in [0, 0.1) is 23.2 Å². The highest BCUT2D eigenvalue weighted by atomic mass is 16.5. The number of unbranched alkanes of at least 4 members (excludes halogenated alkanes) is 14. The Morgan fingerprint density at radius 3 is 1.59 bits per heavy atom. The van der Waals surface area contributed by atoms with Gasteiger partial charge in [0.15, 0.2) is 0 Å². The highest BCUT2D eigenvalue weighted by molar-refractivity contribution is 5.92. The summed E-state index contributed by atoms with van der Waals surface area (Å²) in [5, 5.41) is 33.3. The Bertz CT molecular complexity index is 1600. The van der Waals surface area contributed by atoms with E-state index >= 15 is 0 Å². The maximum absolute atomic E-state index is 12.9. The number of rotatable bonds is 51. The highest BCUT2D eigenvalue weighted by Gasteiger charge is 2.32. The van der Waals surface area contributed by atoms with Gasteiger partial charge in [0.2, 0.25) is 17.7 Å². The van der Waals surface area contributed by atoms with Gasteiger partial charge in [-0.25, -0.2) is 0 Å². The van der Waals surface area contributed by atoms with Crippen LogP contribution in [0.1, 0.15) is 211 Å². The quantitative estimate of drug-likeness (QED) is 0.0313. The van der Waals surface area contributed by atoms with Gasteiger partial charge < -0.3 is 50.6 Å². The molecule has 19 nitrogen and oxygen atoms in total. The fraction of sp³-hybridized carbons (Fsp3) is 0.839. The van der Waals surface area contributed by atoms with Crippen LogP contribution in [0.25, 0.3) is 0 Å². The fourth-order valence-electron chi connectivity index (χ4n) is 7.85. The number of ketones is 4. The zero-order valence-electron chi connectivity index (χ0n) is 47.0. The summed E-state index contributed by atoms with van der Waals surface area (Å²) in [7, 11) is 1.60. The molecule has 0 spiro atoms. The number of nitrogens with two attached hydrogens (primary N) is 1. The van der Waals surface area contributed by atoms with Crippen LogP contribution in [0.2, 0.25) is 0 Å². The van der Waals surface area contributed by atoms with Crippen molar-refractivity contribution in [3.05, 3.63) is 0 Å². The summed E-state index contributed by atoms with van der Waals surface area (Å²) in [6.45, 7) is 11.7. The number of carboxylic acids is 2.